The number of hydrogen-bond acceptors (Lipinski definition) is 6. The predicted molar refractivity (Wildman–Crippen MR) is 220 cm³/mol. The fraction of sp³-hybridized carbons (Fsp3) is 0.0870. The Hall–Kier alpha value is -5.34. The lowest BCUT2D eigenvalue weighted by molar-refractivity contribution is 0.0427. The molecule has 0 spiro atoms. The largest absolute Gasteiger partial charge is 0.456 e. The zero-order chi connectivity index (χ0) is 34.3. The molecule has 1 fully saturated rings. The Kier molecular flexibility index (Phi) is 6.91. The molecule has 0 aliphatic carbocycles. The molecule has 4 heterocycles. The van der Waals surface area contributed by atoms with Crippen molar-refractivity contribution in [3.8, 4) is 11.1 Å². The summed E-state index contributed by atoms with van der Waals surface area (Å²) >= 11 is 3.78. The maximum atomic E-state index is 6.58. The molecule has 52 heavy (non-hydrogen) atoms. The van der Waals surface area contributed by atoms with Crippen molar-refractivity contribution >= 4 is 85.0 Å². The van der Waals surface area contributed by atoms with E-state index in [4.69, 9.17) is 4.42 Å². The van der Waals surface area contributed by atoms with Gasteiger partial charge >= 0.3 is 0 Å². The molecule has 1 aliphatic rings. The van der Waals surface area contributed by atoms with Gasteiger partial charge in [0.15, 0.2) is 0 Å². The lowest BCUT2D eigenvalue weighted by atomic mass is 9.99. The molecule has 3 atom stereocenters. The maximum Gasteiger partial charge on any atom is 0.141 e. The number of rotatable bonds is 4. The van der Waals surface area contributed by atoms with Gasteiger partial charge in [-0.25, -0.2) is 0 Å². The summed E-state index contributed by atoms with van der Waals surface area (Å²) in [6, 6.07) is 54.9. The van der Waals surface area contributed by atoms with Crippen molar-refractivity contribution in [2.45, 2.75) is 18.5 Å². The van der Waals surface area contributed by atoms with Crippen molar-refractivity contribution in [2.24, 2.45) is 0 Å². The average molecular weight is 708 g/mol. The van der Waals surface area contributed by atoms with Crippen LogP contribution in [0.1, 0.15) is 35.2 Å². The van der Waals surface area contributed by atoms with Gasteiger partial charge in [-0.1, -0.05) is 127 Å². The van der Waals surface area contributed by atoms with Crippen LogP contribution in [-0.2, 0) is 0 Å². The molecule has 10 aromatic rings. The van der Waals surface area contributed by atoms with E-state index < -0.39 is 0 Å². The average Bonchev–Trinajstić information content (AvgIpc) is 3.89. The second-order valence-electron chi connectivity index (χ2n) is 13.8. The van der Waals surface area contributed by atoms with Crippen molar-refractivity contribution in [3.05, 3.63) is 168 Å². The molecule has 7 aromatic carbocycles. The molecule has 6 heteroatoms. The molecule has 0 saturated carbocycles. The lowest BCUT2D eigenvalue weighted by Gasteiger charge is -2.45. The minimum Gasteiger partial charge on any atom is -0.456 e. The Morgan fingerprint density at radius 3 is 2.02 bits per heavy atom. The normalized spacial score (nSPS) is 18.4. The van der Waals surface area contributed by atoms with Crippen LogP contribution in [0.4, 0.5) is 0 Å². The van der Waals surface area contributed by atoms with Gasteiger partial charge in [-0.05, 0) is 48.0 Å². The van der Waals surface area contributed by atoms with Crippen molar-refractivity contribution in [1.82, 2.24) is 15.5 Å². The molecule has 0 amide bonds. The summed E-state index contributed by atoms with van der Waals surface area (Å²) in [7, 11) is 2.22. The fourth-order valence-corrected chi connectivity index (χ4v) is 10.8. The first-order chi connectivity index (χ1) is 25.7. The SMILES string of the molecule is CN1C(c2cccc3c2oc2ccccc23)NC(c2ccccc2)NC1c1cccc2c1sc1ccc(-c3cccc4c3sc3ccccc34)cc12. The first kappa shape index (κ1) is 30.3. The van der Waals surface area contributed by atoms with Gasteiger partial charge in [0.2, 0.25) is 0 Å². The van der Waals surface area contributed by atoms with Gasteiger partial charge in [0.25, 0.3) is 0 Å². The van der Waals surface area contributed by atoms with Crippen LogP contribution in [0.2, 0.25) is 0 Å². The minimum atomic E-state index is -0.112. The molecule has 0 radical (unpaired) electrons. The van der Waals surface area contributed by atoms with Gasteiger partial charge in [-0.2, -0.15) is 0 Å². The third-order valence-electron chi connectivity index (χ3n) is 10.9. The number of benzene rings is 7. The fourth-order valence-electron chi connectivity index (χ4n) is 8.37. The Bertz CT molecular complexity index is 2980. The third-order valence-corrected chi connectivity index (χ3v) is 13.3. The van der Waals surface area contributed by atoms with Crippen molar-refractivity contribution < 1.29 is 4.42 Å². The topological polar surface area (TPSA) is 40.4 Å². The number of fused-ring (bicyclic) bond motifs is 9. The zero-order valence-electron chi connectivity index (χ0n) is 28.3. The van der Waals surface area contributed by atoms with Crippen LogP contribution in [0.3, 0.4) is 0 Å². The number of furan rings is 1. The van der Waals surface area contributed by atoms with Gasteiger partial charge in [0.05, 0.1) is 18.5 Å². The molecule has 250 valence electrons. The molecule has 2 N–H and O–H groups in total. The van der Waals surface area contributed by atoms with Crippen LogP contribution in [0.15, 0.2) is 156 Å². The minimum absolute atomic E-state index is 0.0698. The van der Waals surface area contributed by atoms with Gasteiger partial charge in [-0.3, -0.25) is 15.5 Å². The van der Waals surface area contributed by atoms with Crippen LogP contribution < -0.4 is 10.6 Å². The highest BCUT2D eigenvalue weighted by Crippen LogP contribution is 2.46. The van der Waals surface area contributed by atoms with E-state index in [2.05, 4.69) is 168 Å². The van der Waals surface area contributed by atoms with Crippen LogP contribution in [0, 0.1) is 0 Å². The van der Waals surface area contributed by atoms with Crippen LogP contribution >= 0.6 is 22.7 Å². The highest BCUT2D eigenvalue weighted by atomic mass is 32.1. The quantitative estimate of drug-likeness (QED) is 0.191. The van der Waals surface area contributed by atoms with Crippen molar-refractivity contribution in [3.63, 3.8) is 0 Å². The Morgan fingerprint density at radius 1 is 0.519 bits per heavy atom. The van der Waals surface area contributed by atoms with Gasteiger partial charge in [0.1, 0.15) is 11.2 Å². The zero-order valence-corrected chi connectivity index (χ0v) is 30.0. The van der Waals surface area contributed by atoms with Crippen LogP contribution in [0.5, 0.6) is 0 Å². The second kappa shape index (κ2) is 11.9. The molecule has 1 aliphatic heterocycles. The number of nitrogens with zero attached hydrogens (tertiary/aromatic N) is 1. The lowest BCUT2D eigenvalue weighted by Crippen LogP contribution is -2.54. The molecule has 11 rings (SSSR count). The Morgan fingerprint density at radius 2 is 1.15 bits per heavy atom. The first-order valence-electron chi connectivity index (χ1n) is 17.7. The summed E-state index contributed by atoms with van der Waals surface area (Å²) in [6.45, 7) is 0. The molecule has 1 saturated heterocycles. The summed E-state index contributed by atoms with van der Waals surface area (Å²) in [6.07, 6.45) is -0.261. The van der Waals surface area contributed by atoms with E-state index in [1.54, 1.807) is 0 Å². The Balaban J connectivity index is 1.05. The molecule has 0 bridgehead atoms. The molecular weight excluding hydrogens is 675 g/mol. The van der Waals surface area contributed by atoms with E-state index in [0.29, 0.717) is 0 Å². The maximum absolute atomic E-state index is 6.58. The standard InChI is InChI=1S/C46H33N3OS2/c1-49-45(35-20-10-17-32-30-14-5-7-22-38(30)50-41(32)35)47-44(27-12-3-2-4-13-27)48-46(49)36-21-11-19-34-37-26-28(24-25-40(37)52-43(34)36)29-16-9-18-33-31-15-6-8-23-39(31)51-42(29)33/h2-26,44-48H,1H3. The summed E-state index contributed by atoms with van der Waals surface area (Å²) in [5.74, 6) is 0. The Labute approximate surface area is 308 Å². The molecule has 3 unspecified atom stereocenters. The van der Waals surface area contributed by atoms with Crippen molar-refractivity contribution in [1.29, 1.82) is 0 Å². The first-order valence-corrected chi connectivity index (χ1v) is 19.4. The number of para-hydroxylation sites is 2. The van der Waals surface area contributed by atoms with Crippen LogP contribution in [0.25, 0.3) is 73.4 Å². The third kappa shape index (κ3) is 4.63. The number of nitrogens with one attached hydrogen (secondary N) is 2. The number of hydrogen-bond donors (Lipinski definition) is 2. The summed E-state index contributed by atoms with van der Waals surface area (Å²) in [5.41, 5.74) is 8.01. The van der Waals surface area contributed by atoms with E-state index in [-0.39, 0.29) is 18.5 Å². The van der Waals surface area contributed by atoms with Crippen molar-refractivity contribution in [2.75, 3.05) is 7.05 Å². The summed E-state index contributed by atoms with van der Waals surface area (Å²) in [5, 5.41) is 15.5. The van der Waals surface area contributed by atoms with E-state index in [1.165, 1.54) is 62.6 Å². The highest BCUT2D eigenvalue weighted by molar-refractivity contribution is 7.26. The van der Waals surface area contributed by atoms with Gasteiger partial charge in [0, 0.05) is 62.2 Å². The smallest absolute Gasteiger partial charge is 0.141 e. The van der Waals surface area contributed by atoms with E-state index in [1.807, 2.05) is 28.7 Å². The van der Waals surface area contributed by atoms with Crippen LogP contribution in [-0.4, -0.2) is 11.9 Å². The molecule has 4 nitrogen and oxygen atoms in total. The second-order valence-corrected chi connectivity index (χ2v) is 15.9. The van der Waals surface area contributed by atoms with E-state index >= 15 is 0 Å². The number of thiophene rings is 2. The molecular formula is C46H33N3OS2. The molecule has 3 aromatic heterocycles. The monoisotopic (exact) mass is 707 g/mol. The predicted octanol–water partition coefficient (Wildman–Crippen LogP) is 12.5. The highest BCUT2D eigenvalue weighted by Gasteiger charge is 2.37. The van der Waals surface area contributed by atoms with Gasteiger partial charge in [-0.15, -0.1) is 22.7 Å². The van der Waals surface area contributed by atoms with Gasteiger partial charge < -0.3 is 4.42 Å². The van der Waals surface area contributed by atoms with E-state index in [9.17, 15) is 0 Å². The van der Waals surface area contributed by atoms with E-state index in [0.717, 1.165) is 27.5 Å². The summed E-state index contributed by atoms with van der Waals surface area (Å²) < 4.78 is 11.9. The summed E-state index contributed by atoms with van der Waals surface area (Å²) in [4.78, 5) is 2.42.